The molecule has 0 unspecified atom stereocenters. The van der Waals surface area contributed by atoms with Crippen LogP contribution in [0.2, 0.25) is 0 Å². The van der Waals surface area contributed by atoms with E-state index < -0.39 is 16.0 Å². The third-order valence-corrected chi connectivity index (χ3v) is 4.45. The first-order valence-electron chi connectivity index (χ1n) is 5.94. The standard InChI is InChI=1S/C11H19N3O4S/c1-9(2)4-5-13(3)19(17,18)10-6-12-14(7-10)8-11(15)16/h6-7,9H,4-5,8H2,1-3H3,(H,15,16). The number of rotatable bonds is 7. The Morgan fingerprint density at radius 1 is 1.53 bits per heavy atom. The second-order valence-corrected chi connectivity index (χ2v) is 6.82. The number of hydrogen-bond donors (Lipinski definition) is 1. The number of nitrogens with zero attached hydrogens (tertiary/aromatic N) is 3. The van der Waals surface area contributed by atoms with Gasteiger partial charge in [-0.15, -0.1) is 0 Å². The minimum atomic E-state index is -3.59. The molecule has 0 aromatic carbocycles. The summed E-state index contributed by atoms with van der Waals surface area (Å²) in [6.45, 7) is 4.10. The summed E-state index contributed by atoms with van der Waals surface area (Å²) in [6.07, 6.45) is 3.17. The second-order valence-electron chi connectivity index (χ2n) is 4.78. The zero-order valence-corrected chi connectivity index (χ0v) is 12.1. The number of aromatic nitrogens is 2. The van der Waals surface area contributed by atoms with E-state index >= 15 is 0 Å². The molecule has 0 amide bonds. The third kappa shape index (κ3) is 4.32. The van der Waals surface area contributed by atoms with Crippen molar-refractivity contribution in [3.05, 3.63) is 12.4 Å². The Bertz CT molecular complexity index is 536. The van der Waals surface area contributed by atoms with Gasteiger partial charge in [-0.3, -0.25) is 9.48 Å². The Morgan fingerprint density at radius 2 is 2.16 bits per heavy atom. The maximum Gasteiger partial charge on any atom is 0.325 e. The van der Waals surface area contributed by atoms with E-state index in [1.807, 2.05) is 13.8 Å². The molecule has 0 aliphatic heterocycles. The summed E-state index contributed by atoms with van der Waals surface area (Å²) in [5.74, 6) is -0.660. The summed E-state index contributed by atoms with van der Waals surface area (Å²) in [4.78, 5) is 10.5. The third-order valence-electron chi connectivity index (χ3n) is 2.64. The summed E-state index contributed by atoms with van der Waals surface area (Å²) < 4.78 is 26.7. The lowest BCUT2D eigenvalue weighted by Crippen LogP contribution is -2.28. The van der Waals surface area contributed by atoms with E-state index in [4.69, 9.17) is 5.11 Å². The van der Waals surface area contributed by atoms with Gasteiger partial charge < -0.3 is 5.11 Å². The lowest BCUT2D eigenvalue weighted by atomic mass is 10.1. The van der Waals surface area contributed by atoms with Gasteiger partial charge in [0.1, 0.15) is 11.4 Å². The van der Waals surface area contributed by atoms with Crippen LogP contribution in [0.1, 0.15) is 20.3 Å². The predicted octanol–water partition coefficient (Wildman–Crippen LogP) is 0.634. The van der Waals surface area contributed by atoms with Gasteiger partial charge in [-0.25, -0.2) is 12.7 Å². The van der Waals surface area contributed by atoms with Crippen molar-refractivity contribution in [3.63, 3.8) is 0 Å². The highest BCUT2D eigenvalue weighted by atomic mass is 32.2. The zero-order chi connectivity index (χ0) is 14.6. The molecule has 1 heterocycles. The molecule has 1 N–H and O–H groups in total. The fraction of sp³-hybridized carbons (Fsp3) is 0.636. The Kier molecular flexibility index (Phi) is 5.07. The van der Waals surface area contributed by atoms with Crippen LogP contribution < -0.4 is 0 Å². The van der Waals surface area contributed by atoms with E-state index in [2.05, 4.69) is 5.10 Å². The molecule has 0 bridgehead atoms. The van der Waals surface area contributed by atoms with Crippen molar-refractivity contribution in [1.29, 1.82) is 0 Å². The number of hydrogen-bond acceptors (Lipinski definition) is 4. The van der Waals surface area contributed by atoms with Gasteiger partial charge in [0, 0.05) is 19.8 Å². The normalized spacial score (nSPS) is 12.3. The SMILES string of the molecule is CC(C)CCN(C)S(=O)(=O)c1cnn(CC(=O)O)c1. The van der Waals surface area contributed by atoms with Gasteiger partial charge >= 0.3 is 5.97 Å². The first-order valence-corrected chi connectivity index (χ1v) is 7.38. The highest BCUT2D eigenvalue weighted by Crippen LogP contribution is 2.14. The summed E-state index contributed by atoms with van der Waals surface area (Å²) in [5.41, 5.74) is 0. The highest BCUT2D eigenvalue weighted by Gasteiger charge is 2.22. The highest BCUT2D eigenvalue weighted by molar-refractivity contribution is 7.89. The van der Waals surface area contributed by atoms with Gasteiger partial charge in [0.2, 0.25) is 10.0 Å². The van der Waals surface area contributed by atoms with Crippen LogP contribution in [0.5, 0.6) is 0 Å². The quantitative estimate of drug-likeness (QED) is 0.795. The monoisotopic (exact) mass is 289 g/mol. The smallest absolute Gasteiger partial charge is 0.325 e. The van der Waals surface area contributed by atoms with Crippen LogP contribution in [0.3, 0.4) is 0 Å². The van der Waals surface area contributed by atoms with Crippen molar-refractivity contribution >= 4 is 16.0 Å². The van der Waals surface area contributed by atoms with E-state index in [1.54, 1.807) is 0 Å². The molecular weight excluding hydrogens is 270 g/mol. The molecule has 1 rings (SSSR count). The fourth-order valence-corrected chi connectivity index (χ4v) is 2.58. The van der Waals surface area contributed by atoms with Crippen LogP contribution >= 0.6 is 0 Å². The fourth-order valence-electron chi connectivity index (χ4n) is 1.44. The largest absolute Gasteiger partial charge is 0.480 e. The molecule has 0 fully saturated rings. The summed E-state index contributed by atoms with van der Waals surface area (Å²) in [7, 11) is -2.09. The van der Waals surface area contributed by atoms with Gasteiger partial charge in [-0.1, -0.05) is 13.8 Å². The van der Waals surface area contributed by atoms with Crippen molar-refractivity contribution in [1.82, 2.24) is 14.1 Å². The van der Waals surface area contributed by atoms with Gasteiger partial charge in [-0.2, -0.15) is 5.10 Å². The van der Waals surface area contributed by atoms with Crippen LogP contribution in [0.15, 0.2) is 17.3 Å². The van der Waals surface area contributed by atoms with Gasteiger partial charge in [-0.05, 0) is 12.3 Å². The minimum Gasteiger partial charge on any atom is -0.480 e. The van der Waals surface area contributed by atoms with Crippen LogP contribution in [-0.4, -0.2) is 47.2 Å². The topological polar surface area (TPSA) is 92.5 Å². The van der Waals surface area contributed by atoms with E-state index in [-0.39, 0.29) is 11.4 Å². The van der Waals surface area contributed by atoms with Crippen molar-refractivity contribution in [3.8, 4) is 0 Å². The number of aliphatic carboxylic acids is 1. The number of carbonyl (C=O) groups is 1. The first-order chi connectivity index (χ1) is 8.73. The summed E-state index contributed by atoms with van der Waals surface area (Å²) in [6, 6.07) is 0. The van der Waals surface area contributed by atoms with Crippen LogP contribution in [0.4, 0.5) is 0 Å². The lowest BCUT2D eigenvalue weighted by molar-refractivity contribution is -0.137. The Morgan fingerprint density at radius 3 is 2.68 bits per heavy atom. The second kappa shape index (κ2) is 6.16. The van der Waals surface area contributed by atoms with Gasteiger partial charge in [0.05, 0.1) is 6.20 Å². The summed E-state index contributed by atoms with van der Waals surface area (Å²) >= 11 is 0. The number of carboxylic acid groups (broad SMARTS) is 1. The average molecular weight is 289 g/mol. The molecule has 0 spiro atoms. The molecule has 108 valence electrons. The number of carboxylic acids is 1. The van der Waals surface area contributed by atoms with E-state index in [9.17, 15) is 13.2 Å². The van der Waals surface area contributed by atoms with Crippen molar-refractivity contribution in [2.24, 2.45) is 5.92 Å². The molecular formula is C11H19N3O4S. The molecule has 8 heteroatoms. The van der Waals surface area contributed by atoms with Gasteiger partial charge in [0.25, 0.3) is 0 Å². The maximum atomic E-state index is 12.2. The molecule has 0 saturated carbocycles. The lowest BCUT2D eigenvalue weighted by Gasteiger charge is -2.16. The van der Waals surface area contributed by atoms with E-state index in [0.29, 0.717) is 12.5 Å². The molecule has 1 aromatic rings. The Labute approximate surface area is 112 Å². The maximum absolute atomic E-state index is 12.2. The Hall–Kier alpha value is -1.41. The molecule has 1 aromatic heterocycles. The van der Waals surface area contributed by atoms with Crippen molar-refractivity contribution in [2.45, 2.75) is 31.7 Å². The Balaban J connectivity index is 2.81. The van der Waals surface area contributed by atoms with E-state index in [1.165, 1.54) is 23.7 Å². The van der Waals surface area contributed by atoms with Crippen LogP contribution in [0, 0.1) is 5.92 Å². The van der Waals surface area contributed by atoms with Crippen molar-refractivity contribution < 1.29 is 18.3 Å². The van der Waals surface area contributed by atoms with E-state index in [0.717, 1.165) is 11.1 Å². The zero-order valence-electron chi connectivity index (χ0n) is 11.3. The molecule has 0 saturated heterocycles. The molecule has 0 radical (unpaired) electrons. The number of sulfonamides is 1. The van der Waals surface area contributed by atoms with Crippen LogP contribution in [0.25, 0.3) is 0 Å². The minimum absolute atomic E-state index is 0.0139. The van der Waals surface area contributed by atoms with Crippen molar-refractivity contribution in [2.75, 3.05) is 13.6 Å². The molecule has 19 heavy (non-hydrogen) atoms. The van der Waals surface area contributed by atoms with Crippen LogP contribution in [-0.2, 0) is 21.4 Å². The first kappa shape index (κ1) is 15.6. The molecule has 7 nitrogen and oxygen atoms in total. The molecule has 0 aliphatic rings. The predicted molar refractivity (Wildman–Crippen MR) is 69.1 cm³/mol. The van der Waals surface area contributed by atoms with Gasteiger partial charge in [0.15, 0.2) is 0 Å². The average Bonchev–Trinajstić information content (AvgIpc) is 2.73. The summed E-state index contributed by atoms with van der Waals surface area (Å²) in [5, 5.41) is 12.3. The molecule has 0 aliphatic carbocycles. The molecule has 0 atom stereocenters.